The molecule has 10 aromatic rings. The van der Waals surface area contributed by atoms with E-state index in [-0.39, 0.29) is 0 Å². The van der Waals surface area contributed by atoms with E-state index in [2.05, 4.69) is 181 Å². The van der Waals surface area contributed by atoms with Gasteiger partial charge in [-0.25, -0.2) is 0 Å². The maximum absolute atomic E-state index is 2.42. The van der Waals surface area contributed by atoms with E-state index in [4.69, 9.17) is 0 Å². The molecule has 232 valence electrons. The monoisotopic (exact) mass is 633 g/mol. The third-order valence-corrected chi connectivity index (χ3v) is 11.0. The fraction of sp³-hybridized carbons (Fsp3) is 0.0204. The fourth-order valence-electron chi connectivity index (χ4n) is 8.88. The Hall–Kier alpha value is -6.44. The van der Waals surface area contributed by atoms with Gasteiger partial charge in [0.1, 0.15) is 0 Å². The molecule has 0 bridgehead atoms. The van der Waals surface area contributed by atoms with Crippen molar-refractivity contribution in [2.45, 2.75) is 6.42 Å². The topological polar surface area (TPSA) is 4.93 Å². The average molecular weight is 634 g/mol. The third-order valence-electron chi connectivity index (χ3n) is 11.0. The molecule has 1 aliphatic carbocycles. The van der Waals surface area contributed by atoms with Crippen molar-refractivity contribution in [3.8, 4) is 27.9 Å². The molecule has 0 amide bonds. The van der Waals surface area contributed by atoms with Crippen LogP contribution in [0.25, 0.3) is 98.9 Å². The minimum atomic E-state index is 0.939. The van der Waals surface area contributed by atoms with Crippen molar-refractivity contribution in [3.63, 3.8) is 0 Å². The van der Waals surface area contributed by atoms with Gasteiger partial charge < -0.3 is 4.57 Å². The molecule has 0 fully saturated rings. The van der Waals surface area contributed by atoms with Crippen LogP contribution < -0.4 is 0 Å². The normalized spacial score (nSPS) is 12.6. The first-order valence-corrected chi connectivity index (χ1v) is 17.5. The highest BCUT2D eigenvalue weighted by atomic mass is 15.0. The van der Waals surface area contributed by atoms with Crippen LogP contribution in [-0.4, -0.2) is 4.57 Å². The molecular formula is C49H31N. The predicted molar refractivity (Wildman–Crippen MR) is 214 cm³/mol. The van der Waals surface area contributed by atoms with E-state index in [1.165, 1.54) is 104 Å². The summed E-state index contributed by atoms with van der Waals surface area (Å²) in [7, 11) is 0. The summed E-state index contributed by atoms with van der Waals surface area (Å²) in [5.41, 5.74) is 11.4. The van der Waals surface area contributed by atoms with Crippen LogP contribution in [0.2, 0.25) is 0 Å². The molecule has 0 N–H and O–H groups in total. The average Bonchev–Trinajstić information content (AvgIpc) is 3.38. The second-order valence-electron chi connectivity index (χ2n) is 13.6. The molecule has 0 saturated heterocycles. The zero-order valence-electron chi connectivity index (χ0n) is 27.4. The van der Waals surface area contributed by atoms with Gasteiger partial charge in [-0.15, -0.1) is 0 Å². The van der Waals surface area contributed by atoms with Gasteiger partial charge in [0.2, 0.25) is 0 Å². The molecule has 0 saturated carbocycles. The smallest absolute Gasteiger partial charge is 0.0541 e. The molecular weight excluding hydrogens is 603 g/mol. The Balaban J connectivity index is 1.23. The quantitative estimate of drug-likeness (QED) is 0.135. The van der Waals surface area contributed by atoms with Crippen molar-refractivity contribution in [1.82, 2.24) is 4.57 Å². The van der Waals surface area contributed by atoms with Gasteiger partial charge in [-0.3, -0.25) is 0 Å². The molecule has 1 heteroatoms. The number of hydrogen-bond donors (Lipinski definition) is 0. The van der Waals surface area contributed by atoms with E-state index in [1.54, 1.807) is 0 Å². The summed E-state index contributed by atoms with van der Waals surface area (Å²) in [4.78, 5) is 0. The van der Waals surface area contributed by atoms with Crippen LogP contribution in [0.4, 0.5) is 0 Å². The number of fused-ring (bicyclic) bond motifs is 5. The van der Waals surface area contributed by atoms with E-state index < -0.39 is 0 Å². The summed E-state index contributed by atoms with van der Waals surface area (Å²) in [6, 6.07) is 60.8. The van der Waals surface area contributed by atoms with Gasteiger partial charge in [0.05, 0.1) is 11.0 Å². The molecule has 0 atom stereocenters. The van der Waals surface area contributed by atoms with Gasteiger partial charge in [0.15, 0.2) is 0 Å². The lowest BCUT2D eigenvalue weighted by atomic mass is 9.83. The molecule has 1 heterocycles. The van der Waals surface area contributed by atoms with E-state index >= 15 is 0 Å². The van der Waals surface area contributed by atoms with E-state index in [9.17, 15) is 0 Å². The van der Waals surface area contributed by atoms with E-state index in [1.807, 2.05) is 0 Å². The summed E-state index contributed by atoms with van der Waals surface area (Å²) < 4.78 is 2.39. The van der Waals surface area contributed by atoms with Gasteiger partial charge in [-0.05, 0) is 113 Å². The highest BCUT2D eigenvalue weighted by molar-refractivity contribution is 6.26. The standard InChI is InChI=1S/C49H31N/c1-2-16-35(17-3-1)50-44-23-9-8-18-36(44)43-30-34(26-29-45(43)50)47-37-19-4-6-21-39(37)49(40-22-7-5-20-38(40)47)42-28-25-33-15-11-13-31-12-10-14-32-24-27-41(42)48(33)46(31)32/h1-14,16-30H,15H2. The van der Waals surface area contributed by atoms with Gasteiger partial charge >= 0.3 is 0 Å². The molecule has 1 aromatic heterocycles. The Morgan fingerprint density at radius 1 is 0.420 bits per heavy atom. The van der Waals surface area contributed by atoms with Crippen molar-refractivity contribution in [2.75, 3.05) is 0 Å². The van der Waals surface area contributed by atoms with Crippen LogP contribution in [0.5, 0.6) is 0 Å². The predicted octanol–water partition coefficient (Wildman–Crippen LogP) is 13.3. The molecule has 1 aliphatic rings. The molecule has 0 spiro atoms. The third kappa shape index (κ3) is 3.83. The molecule has 0 radical (unpaired) electrons. The van der Waals surface area contributed by atoms with Crippen molar-refractivity contribution in [2.24, 2.45) is 0 Å². The lowest BCUT2D eigenvalue weighted by molar-refractivity contribution is 1.18. The first kappa shape index (κ1) is 27.5. The Labute approximate surface area is 290 Å². The number of aromatic nitrogens is 1. The Kier molecular flexibility index (Phi) is 5.79. The van der Waals surface area contributed by atoms with Gasteiger partial charge in [-0.2, -0.15) is 0 Å². The first-order chi connectivity index (χ1) is 24.8. The number of benzene rings is 9. The number of para-hydroxylation sites is 2. The molecule has 50 heavy (non-hydrogen) atoms. The summed E-state index contributed by atoms with van der Waals surface area (Å²) in [6.45, 7) is 0. The molecule has 9 aromatic carbocycles. The van der Waals surface area contributed by atoms with E-state index in [0.29, 0.717) is 0 Å². The minimum Gasteiger partial charge on any atom is -0.309 e. The van der Waals surface area contributed by atoms with Gasteiger partial charge in [0, 0.05) is 16.5 Å². The lowest BCUT2D eigenvalue weighted by Gasteiger charge is -2.20. The largest absolute Gasteiger partial charge is 0.309 e. The summed E-state index contributed by atoms with van der Waals surface area (Å²) in [6.07, 6.45) is 5.56. The Bertz CT molecular complexity index is 2990. The zero-order valence-corrected chi connectivity index (χ0v) is 27.4. The Morgan fingerprint density at radius 3 is 1.88 bits per heavy atom. The summed E-state index contributed by atoms with van der Waals surface area (Å²) in [5.74, 6) is 0. The maximum Gasteiger partial charge on any atom is 0.0541 e. The van der Waals surface area contributed by atoms with Crippen LogP contribution in [0.15, 0.2) is 170 Å². The summed E-state index contributed by atoms with van der Waals surface area (Å²) in [5, 5.41) is 13.0. The van der Waals surface area contributed by atoms with E-state index in [0.717, 1.165) is 6.42 Å². The van der Waals surface area contributed by atoms with Crippen molar-refractivity contribution < 1.29 is 0 Å². The Morgan fingerprint density at radius 2 is 1.10 bits per heavy atom. The van der Waals surface area contributed by atoms with Crippen LogP contribution in [0.3, 0.4) is 0 Å². The van der Waals surface area contributed by atoms with Crippen LogP contribution >= 0.6 is 0 Å². The number of nitrogens with zero attached hydrogens (tertiary/aromatic N) is 1. The maximum atomic E-state index is 2.42. The lowest BCUT2D eigenvalue weighted by Crippen LogP contribution is -1.94. The highest BCUT2D eigenvalue weighted by Crippen LogP contribution is 2.48. The fourth-order valence-corrected chi connectivity index (χ4v) is 8.88. The van der Waals surface area contributed by atoms with Crippen molar-refractivity contribution in [3.05, 3.63) is 181 Å². The number of rotatable bonds is 3. The van der Waals surface area contributed by atoms with Crippen LogP contribution in [0, 0.1) is 0 Å². The van der Waals surface area contributed by atoms with Crippen LogP contribution in [-0.2, 0) is 6.42 Å². The summed E-state index contributed by atoms with van der Waals surface area (Å²) >= 11 is 0. The van der Waals surface area contributed by atoms with Crippen LogP contribution in [0.1, 0.15) is 11.1 Å². The highest BCUT2D eigenvalue weighted by Gasteiger charge is 2.21. The molecule has 0 unspecified atom stereocenters. The minimum absolute atomic E-state index is 0.939. The first-order valence-electron chi connectivity index (χ1n) is 17.5. The number of allylic oxidation sites excluding steroid dienone is 1. The second kappa shape index (κ2) is 10.5. The molecule has 11 rings (SSSR count). The van der Waals surface area contributed by atoms with Crippen molar-refractivity contribution in [1.29, 1.82) is 0 Å². The van der Waals surface area contributed by atoms with Crippen molar-refractivity contribution >= 4 is 71.0 Å². The zero-order chi connectivity index (χ0) is 32.8. The molecule has 0 aliphatic heterocycles. The number of hydrogen-bond acceptors (Lipinski definition) is 0. The van der Waals surface area contributed by atoms with Gasteiger partial charge in [0.25, 0.3) is 0 Å². The molecule has 1 nitrogen and oxygen atoms in total. The second-order valence-corrected chi connectivity index (χ2v) is 13.6. The van der Waals surface area contributed by atoms with Gasteiger partial charge in [-0.1, -0.05) is 146 Å². The SMILES string of the molecule is C1=Cc2cccc3ccc4c(-c5c6ccccc6c(-c6ccc7c(c6)c6ccccc6n7-c6ccccc6)c6ccccc56)ccc(c4c23)C1.